The molecule has 7 aliphatic carbocycles. The average Bonchev–Trinajstić information content (AvgIpc) is 1.29. The zero-order chi connectivity index (χ0) is 90.4. The third-order valence-electron chi connectivity index (χ3n) is 28.9. The molecule has 0 unspecified atom stereocenters. The van der Waals surface area contributed by atoms with Crippen LogP contribution in [0, 0.1) is 116 Å². The van der Waals surface area contributed by atoms with E-state index in [1.807, 2.05) is 103 Å². The molecular weight excluding hydrogens is 1610 g/mol. The summed E-state index contributed by atoms with van der Waals surface area (Å²) in [6.07, 6.45) is 39.8. The molecule has 7 saturated carbocycles. The molecule has 10 nitrogen and oxygen atoms in total. The maximum atomic E-state index is 13.9. The van der Waals surface area contributed by atoms with Gasteiger partial charge in [0.25, 0.3) is 0 Å². The number of ether oxygens (including phenoxy) is 3. The molecule has 7 fully saturated rings. The summed E-state index contributed by atoms with van der Waals surface area (Å²) < 4.78 is 110. The van der Waals surface area contributed by atoms with Gasteiger partial charge in [-0.05, 0) is 284 Å². The highest BCUT2D eigenvalue weighted by Gasteiger charge is 2.34. The Hall–Kier alpha value is -9.31. The Balaban J connectivity index is 0.000000156. The van der Waals surface area contributed by atoms with Crippen LogP contribution in [-0.4, -0.2) is 48.2 Å². The number of aliphatic hydroxyl groups is 3. The lowest BCUT2D eigenvalue weighted by atomic mass is 9.74. The van der Waals surface area contributed by atoms with Gasteiger partial charge in [-0.1, -0.05) is 222 Å². The molecule has 8 aromatic carbocycles. The van der Waals surface area contributed by atoms with Crippen molar-refractivity contribution in [2.24, 2.45) is 41.4 Å². The lowest BCUT2D eigenvalue weighted by Gasteiger charge is -2.32. The number of fused-ring (bicyclic) bond motifs is 1. The fourth-order valence-electron chi connectivity index (χ4n) is 21.7. The van der Waals surface area contributed by atoms with Crippen molar-refractivity contribution in [3.8, 4) is 35.5 Å². The van der Waals surface area contributed by atoms with E-state index < -0.39 is 5.82 Å². The first kappa shape index (κ1) is 99.8. The van der Waals surface area contributed by atoms with Gasteiger partial charge in [-0.15, -0.1) is 0 Å². The van der Waals surface area contributed by atoms with E-state index >= 15 is 0 Å². The Kier molecular flexibility index (Phi) is 41.7. The van der Waals surface area contributed by atoms with Crippen molar-refractivity contribution in [2.75, 3.05) is 26.6 Å². The van der Waals surface area contributed by atoms with Gasteiger partial charge in [0, 0.05) is 41.5 Å². The van der Waals surface area contributed by atoms with E-state index in [1.54, 1.807) is 30.3 Å². The molecule has 1 aliphatic heterocycles. The monoisotopic (exact) mass is 1740 g/mol. The number of aliphatic hydroxyl groups excluding tert-OH is 3. The number of hydrogen-bond donors (Lipinski definition) is 3. The molecule has 16 rings (SSSR count). The molecular formula is C110H136F7N3O7. The zero-order valence-corrected chi connectivity index (χ0v) is 75.4. The molecule has 8 aromatic rings. The van der Waals surface area contributed by atoms with Gasteiger partial charge in [0.05, 0.1) is 56.2 Å². The minimum atomic E-state index is -0.410. The topological polar surface area (TPSA) is 177 Å². The van der Waals surface area contributed by atoms with Crippen molar-refractivity contribution < 1.29 is 65.1 Å². The zero-order valence-electron chi connectivity index (χ0n) is 75.4. The van der Waals surface area contributed by atoms with E-state index in [0.29, 0.717) is 100 Å². The van der Waals surface area contributed by atoms with Gasteiger partial charge in [-0.2, -0.15) is 15.8 Å². The lowest BCUT2D eigenvalue weighted by molar-refractivity contribution is 0.111. The number of carbonyl (C=O) groups is 1. The van der Waals surface area contributed by atoms with E-state index in [-0.39, 0.29) is 92.3 Å². The number of benzene rings is 8. The molecule has 17 heteroatoms. The van der Waals surface area contributed by atoms with Crippen LogP contribution < -0.4 is 14.2 Å². The number of nitrogens with zero attached hydrogens (tertiary/aromatic N) is 3. The Morgan fingerprint density at radius 2 is 0.614 bits per heavy atom. The predicted molar refractivity (Wildman–Crippen MR) is 490 cm³/mol. The summed E-state index contributed by atoms with van der Waals surface area (Å²) >= 11 is 0. The smallest absolute Gasteiger partial charge is 0.231 e. The SMILES string of the molecule is CC[C@@H]1CCCC[C@H]1c1ccc(F)c(C=O)c1.CC[C@@H]1CCCC[C@H]1c1ccc(F)c(CC#N)c1.CC[C@@H]1CCCC[C@H]1c1ccc(F)c(CO)c1.CC[C@@H]1CCCC[C@H]1c1ccc(F)cc1.N#CCc1cc([C@@H]2CCCC[C@H]2CO)ccc1F.N#CCc1cc([C@@H]2CCCC[C@H]2COc2ccc3c(c2)OCO3)ccc1F.OC[C@@H]1CCCC[C@H]1c1ccc(F)cc1. The molecule has 0 aromatic heterocycles. The highest BCUT2D eigenvalue weighted by Crippen LogP contribution is 2.47. The van der Waals surface area contributed by atoms with Crippen molar-refractivity contribution in [1.29, 1.82) is 15.8 Å². The van der Waals surface area contributed by atoms with Crippen molar-refractivity contribution in [3.05, 3.63) is 265 Å². The standard InChI is InChI=1S/C22H22FNO3.C16H20FN.C15H18FNO.C15H21FO.C15H19FO.C14H19F.C13H17FO/c23-20-7-5-15(11-16(20)9-10-24)19-4-2-1-3-17(19)13-25-18-6-8-21-22(12-18)27-14-26-21;1-2-12-5-3-4-6-15(12)13-7-8-16(17)14(11-13)9-10-18;16-15-6-5-11(9-12(15)7-8-17)14-4-2-1-3-13(14)10-18;2*1-2-11-5-3-4-6-14(11)12-7-8-15(16)13(9-12)10-17;1-2-11-5-3-4-6-14(11)12-7-9-13(15)10-8-12;14-12-7-5-10(6-8-12)13-4-2-1-3-11(13)9-15/h5-8,11-12,17,19H,1-4,9,13-14H2;7-8,11-12,15H,2-6,9H2,1H3;5-6,9,13-14,18H,1-4,7,10H2;7-9,11,14,17H,2-6,10H2,1H3;7-11,14H,2-6H2,1H3;7-11,14H,2-6H2,1H3;5-8,11,13,15H,1-4,9H2/t17-,19-;12-,15-;13-,14-;3*11-,14-;11-,13-/m0101110/s1. The summed E-state index contributed by atoms with van der Waals surface area (Å²) in [6, 6.07) is 51.5. The molecule has 0 saturated heterocycles. The maximum Gasteiger partial charge on any atom is 0.231 e. The quantitative estimate of drug-likeness (QED) is 0.0463. The van der Waals surface area contributed by atoms with Crippen molar-refractivity contribution in [1.82, 2.24) is 0 Å². The van der Waals surface area contributed by atoms with E-state index in [0.717, 1.165) is 104 Å². The number of carbonyl (C=O) groups excluding carboxylic acids is 1. The first-order valence-corrected chi connectivity index (χ1v) is 47.7. The Morgan fingerprint density at radius 3 is 0.961 bits per heavy atom. The van der Waals surface area contributed by atoms with Crippen molar-refractivity contribution >= 4 is 6.29 Å². The van der Waals surface area contributed by atoms with Crippen LogP contribution in [0.15, 0.2) is 158 Å². The first-order chi connectivity index (χ1) is 61.9. The van der Waals surface area contributed by atoms with Gasteiger partial charge < -0.3 is 29.5 Å². The van der Waals surface area contributed by atoms with Crippen LogP contribution in [-0.2, 0) is 25.9 Å². The third-order valence-corrected chi connectivity index (χ3v) is 28.9. The van der Waals surface area contributed by atoms with Crippen LogP contribution in [0.3, 0.4) is 0 Å². The average molecular weight is 1750 g/mol. The van der Waals surface area contributed by atoms with Gasteiger partial charge in [0.15, 0.2) is 17.8 Å². The summed E-state index contributed by atoms with van der Waals surface area (Å²) in [5, 5.41) is 54.2. The predicted octanol–water partition coefficient (Wildman–Crippen LogP) is 28.6. The number of hydrogen-bond acceptors (Lipinski definition) is 10. The summed E-state index contributed by atoms with van der Waals surface area (Å²) in [7, 11) is 0. The largest absolute Gasteiger partial charge is 0.493 e. The third kappa shape index (κ3) is 29.1. The molecule has 14 atom stereocenters. The number of rotatable bonds is 21. The summed E-state index contributed by atoms with van der Waals surface area (Å²) in [5.74, 6) is 7.66. The van der Waals surface area contributed by atoms with Crippen LogP contribution in [0.5, 0.6) is 17.2 Å². The minimum absolute atomic E-state index is 0.102. The van der Waals surface area contributed by atoms with Gasteiger partial charge >= 0.3 is 0 Å². The van der Waals surface area contributed by atoms with E-state index in [2.05, 4.69) is 27.7 Å². The Labute approximate surface area is 752 Å². The molecule has 682 valence electrons. The molecule has 0 bridgehead atoms. The Bertz CT molecular complexity index is 4640. The first-order valence-electron chi connectivity index (χ1n) is 47.7. The van der Waals surface area contributed by atoms with Gasteiger partial charge in [-0.3, -0.25) is 4.79 Å². The number of aldehydes is 1. The maximum absolute atomic E-state index is 13.9. The van der Waals surface area contributed by atoms with Crippen LogP contribution >= 0.6 is 0 Å². The molecule has 3 N–H and O–H groups in total. The van der Waals surface area contributed by atoms with Crippen LogP contribution in [0.1, 0.15) is 346 Å². The fraction of sp³-hybridized carbons (Fsp3) is 0.527. The summed E-state index contributed by atoms with van der Waals surface area (Å²) in [5.41, 5.74) is 10.4. The van der Waals surface area contributed by atoms with Crippen LogP contribution in [0.2, 0.25) is 0 Å². The van der Waals surface area contributed by atoms with Crippen LogP contribution in [0.25, 0.3) is 0 Å². The molecule has 0 amide bonds. The van der Waals surface area contributed by atoms with Crippen LogP contribution in [0.4, 0.5) is 30.7 Å². The second-order valence-electron chi connectivity index (χ2n) is 36.4. The van der Waals surface area contributed by atoms with Gasteiger partial charge in [0.2, 0.25) is 6.79 Å². The highest BCUT2D eigenvalue weighted by molar-refractivity contribution is 5.75. The van der Waals surface area contributed by atoms with Gasteiger partial charge in [0.1, 0.15) is 46.5 Å². The normalized spacial score (nSPS) is 24.0. The Morgan fingerprint density at radius 1 is 0.331 bits per heavy atom. The molecule has 127 heavy (non-hydrogen) atoms. The molecule has 0 radical (unpaired) electrons. The summed E-state index contributed by atoms with van der Waals surface area (Å²) in [4.78, 5) is 10.8. The highest BCUT2D eigenvalue weighted by atomic mass is 19.2. The van der Waals surface area contributed by atoms with Gasteiger partial charge in [-0.25, -0.2) is 30.7 Å². The van der Waals surface area contributed by atoms with Crippen molar-refractivity contribution in [3.63, 3.8) is 0 Å². The van der Waals surface area contributed by atoms with E-state index in [9.17, 15) is 45.7 Å². The second kappa shape index (κ2) is 53.0. The molecule has 8 aliphatic rings. The van der Waals surface area contributed by atoms with E-state index in [1.165, 1.54) is 212 Å². The minimum Gasteiger partial charge on any atom is -0.493 e. The fourth-order valence-corrected chi connectivity index (χ4v) is 21.7. The molecule has 0 spiro atoms. The second-order valence-corrected chi connectivity index (χ2v) is 36.4. The number of halogens is 7. The lowest BCUT2D eigenvalue weighted by Crippen LogP contribution is -2.24. The van der Waals surface area contributed by atoms with E-state index in [4.69, 9.17) is 35.1 Å². The molecule has 1 heterocycles. The van der Waals surface area contributed by atoms with Crippen molar-refractivity contribution in [2.45, 2.75) is 300 Å². The number of nitriles is 3. The summed E-state index contributed by atoms with van der Waals surface area (Å²) in [6.45, 7) is 10.1.